The normalized spacial score (nSPS) is 11.8. The van der Waals surface area contributed by atoms with Gasteiger partial charge in [-0.3, -0.25) is 20.0 Å². The second-order valence-electron chi connectivity index (χ2n) is 5.59. The minimum atomic E-state index is -0.700. The molecule has 0 aliphatic heterocycles. The molecule has 2 heterocycles. The maximum absolute atomic E-state index is 12.4. The molecule has 2 N–H and O–H groups in total. The predicted octanol–water partition coefficient (Wildman–Crippen LogP) is 2.61. The van der Waals surface area contributed by atoms with E-state index in [1.54, 1.807) is 6.92 Å². The second-order valence-corrected chi connectivity index (χ2v) is 5.59. The average molecular weight is 355 g/mol. The molecule has 134 valence electrons. The molecule has 0 aliphatic rings. The molecule has 9 heteroatoms. The van der Waals surface area contributed by atoms with Crippen molar-refractivity contribution < 1.29 is 14.5 Å². The van der Waals surface area contributed by atoms with E-state index in [1.165, 1.54) is 7.11 Å². The number of nitrogens with zero attached hydrogens (tertiary/aromatic N) is 3. The number of carbonyl (C=O) groups is 1. The first-order valence-electron chi connectivity index (χ1n) is 7.82. The Morgan fingerprint density at radius 1 is 1.35 bits per heavy atom. The SMILES string of the molecule is COc1n[nH]c(C(=O)NC(C)c2cccc(-n3cccc3)c2)c1[N+](=O)[O-]. The minimum absolute atomic E-state index is 0.234. The fourth-order valence-corrected chi connectivity index (χ4v) is 2.60. The van der Waals surface area contributed by atoms with E-state index in [9.17, 15) is 14.9 Å². The predicted molar refractivity (Wildman–Crippen MR) is 93.4 cm³/mol. The molecule has 1 aromatic carbocycles. The molecule has 1 amide bonds. The largest absolute Gasteiger partial charge is 0.475 e. The molecule has 2 aromatic heterocycles. The summed E-state index contributed by atoms with van der Waals surface area (Å²) in [5.74, 6) is -0.867. The van der Waals surface area contributed by atoms with Gasteiger partial charge in [0.25, 0.3) is 5.91 Å². The lowest BCUT2D eigenvalue weighted by molar-refractivity contribution is -0.386. The summed E-state index contributed by atoms with van der Waals surface area (Å²) in [6.45, 7) is 1.80. The van der Waals surface area contributed by atoms with Crippen molar-refractivity contribution in [3.05, 3.63) is 70.2 Å². The van der Waals surface area contributed by atoms with Crippen LogP contribution in [0.15, 0.2) is 48.8 Å². The molecular formula is C17H17N5O4. The van der Waals surface area contributed by atoms with Gasteiger partial charge in [0.1, 0.15) is 0 Å². The highest BCUT2D eigenvalue weighted by molar-refractivity contribution is 5.97. The Kier molecular flexibility index (Phi) is 4.70. The summed E-state index contributed by atoms with van der Waals surface area (Å²) in [5.41, 5.74) is 1.07. The number of nitrogens with one attached hydrogen (secondary N) is 2. The number of carbonyl (C=O) groups excluding carboxylic acids is 1. The van der Waals surface area contributed by atoms with E-state index in [2.05, 4.69) is 15.5 Å². The Labute approximate surface area is 148 Å². The van der Waals surface area contributed by atoms with Gasteiger partial charge in [0.2, 0.25) is 5.69 Å². The monoisotopic (exact) mass is 355 g/mol. The van der Waals surface area contributed by atoms with Crippen molar-refractivity contribution in [1.82, 2.24) is 20.1 Å². The van der Waals surface area contributed by atoms with Gasteiger partial charge in [-0.15, -0.1) is 5.10 Å². The Bertz CT molecular complexity index is 933. The first-order chi connectivity index (χ1) is 12.5. The summed E-state index contributed by atoms with van der Waals surface area (Å²) >= 11 is 0. The second kappa shape index (κ2) is 7.09. The van der Waals surface area contributed by atoms with E-state index in [4.69, 9.17) is 4.74 Å². The van der Waals surface area contributed by atoms with Crippen LogP contribution in [0.1, 0.15) is 29.0 Å². The van der Waals surface area contributed by atoms with E-state index < -0.39 is 16.5 Å². The van der Waals surface area contributed by atoms with Crippen molar-refractivity contribution >= 4 is 11.6 Å². The molecule has 3 rings (SSSR count). The van der Waals surface area contributed by atoms with E-state index in [-0.39, 0.29) is 17.6 Å². The number of benzene rings is 1. The van der Waals surface area contributed by atoms with Crippen LogP contribution in [0, 0.1) is 10.1 Å². The topological polar surface area (TPSA) is 115 Å². The van der Waals surface area contributed by atoms with Crippen LogP contribution in [0.25, 0.3) is 5.69 Å². The summed E-state index contributed by atoms with van der Waals surface area (Å²) in [5, 5.41) is 19.9. The number of ether oxygens (including phenoxy) is 1. The minimum Gasteiger partial charge on any atom is -0.475 e. The zero-order valence-electron chi connectivity index (χ0n) is 14.2. The zero-order valence-corrected chi connectivity index (χ0v) is 14.2. The summed E-state index contributed by atoms with van der Waals surface area (Å²) in [6, 6.07) is 11.1. The van der Waals surface area contributed by atoms with Gasteiger partial charge in [-0.1, -0.05) is 12.1 Å². The van der Waals surface area contributed by atoms with Gasteiger partial charge < -0.3 is 14.6 Å². The summed E-state index contributed by atoms with van der Waals surface area (Å²) < 4.78 is 6.76. The highest BCUT2D eigenvalue weighted by Crippen LogP contribution is 2.28. The van der Waals surface area contributed by atoms with Gasteiger partial charge in [-0.05, 0) is 36.8 Å². The fourth-order valence-electron chi connectivity index (χ4n) is 2.60. The van der Waals surface area contributed by atoms with Gasteiger partial charge in [0, 0.05) is 18.1 Å². The standard InChI is InChI=1S/C17H17N5O4/c1-11(12-6-5-7-13(10-12)21-8-3-4-9-21)18-16(23)14-15(22(24)25)17(26-2)20-19-14/h3-11H,1-2H3,(H,18,23)(H,19,20). The van der Waals surface area contributed by atoms with Gasteiger partial charge >= 0.3 is 11.6 Å². The third kappa shape index (κ3) is 3.27. The Balaban J connectivity index is 1.81. The van der Waals surface area contributed by atoms with Gasteiger partial charge in [0.15, 0.2) is 0 Å². The highest BCUT2D eigenvalue weighted by Gasteiger charge is 2.30. The number of methoxy groups -OCH3 is 1. The third-order valence-electron chi connectivity index (χ3n) is 3.93. The van der Waals surface area contributed by atoms with Crippen LogP contribution in [0.2, 0.25) is 0 Å². The van der Waals surface area contributed by atoms with Crippen LogP contribution in [-0.4, -0.2) is 32.7 Å². The maximum atomic E-state index is 12.4. The van der Waals surface area contributed by atoms with Crippen molar-refractivity contribution in [2.75, 3.05) is 7.11 Å². The van der Waals surface area contributed by atoms with Crippen molar-refractivity contribution in [2.45, 2.75) is 13.0 Å². The molecular weight excluding hydrogens is 338 g/mol. The van der Waals surface area contributed by atoms with E-state index in [1.807, 2.05) is 53.4 Å². The van der Waals surface area contributed by atoms with Crippen molar-refractivity contribution in [1.29, 1.82) is 0 Å². The summed E-state index contributed by atoms with van der Waals surface area (Å²) in [4.78, 5) is 22.9. The maximum Gasteiger partial charge on any atom is 0.362 e. The molecule has 1 atom stereocenters. The van der Waals surface area contributed by atoms with E-state index in [0.29, 0.717) is 0 Å². The molecule has 0 saturated carbocycles. The third-order valence-corrected chi connectivity index (χ3v) is 3.93. The van der Waals surface area contributed by atoms with Crippen LogP contribution in [-0.2, 0) is 0 Å². The molecule has 1 unspecified atom stereocenters. The van der Waals surface area contributed by atoms with Gasteiger partial charge in [-0.2, -0.15) is 0 Å². The van der Waals surface area contributed by atoms with Gasteiger partial charge in [-0.25, -0.2) is 0 Å². The number of H-pyrrole nitrogens is 1. The van der Waals surface area contributed by atoms with Crippen LogP contribution in [0.4, 0.5) is 5.69 Å². The quantitative estimate of drug-likeness (QED) is 0.521. The number of rotatable bonds is 6. The van der Waals surface area contributed by atoms with Crippen molar-refractivity contribution in [3.8, 4) is 11.6 Å². The number of aromatic amines is 1. The number of hydrogen-bond donors (Lipinski definition) is 2. The number of aromatic nitrogens is 3. The first-order valence-corrected chi connectivity index (χ1v) is 7.82. The van der Waals surface area contributed by atoms with Crippen LogP contribution in [0.3, 0.4) is 0 Å². The Morgan fingerprint density at radius 2 is 2.08 bits per heavy atom. The molecule has 0 bridgehead atoms. The van der Waals surface area contributed by atoms with E-state index >= 15 is 0 Å². The van der Waals surface area contributed by atoms with Crippen LogP contribution < -0.4 is 10.1 Å². The molecule has 9 nitrogen and oxygen atoms in total. The lowest BCUT2D eigenvalue weighted by Crippen LogP contribution is -2.27. The smallest absolute Gasteiger partial charge is 0.362 e. The summed E-state index contributed by atoms with van der Waals surface area (Å²) in [6.07, 6.45) is 3.84. The molecule has 0 saturated heterocycles. The highest BCUT2D eigenvalue weighted by atomic mass is 16.6. The number of hydrogen-bond acceptors (Lipinski definition) is 5. The molecule has 0 spiro atoms. The van der Waals surface area contributed by atoms with Crippen molar-refractivity contribution in [3.63, 3.8) is 0 Å². The average Bonchev–Trinajstić information content (AvgIpc) is 3.31. The molecule has 26 heavy (non-hydrogen) atoms. The van der Waals surface area contributed by atoms with E-state index in [0.717, 1.165) is 11.3 Å². The first kappa shape index (κ1) is 17.2. The molecule has 3 aromatic rings. The Hall–Kier alpha value is -3.62. The fraction of sp³-hybridized carbons (Fsp3) is 0.176. The van der Waals surface area contributed by atoms with Crippen LogP contribution in [0.5, 0.6) is 5.88 Å². The molecule has 0 radical (unpaired) electrons. The number of nitro groups is 1. The molecule has 0 fully saturated rings. The van der Waals surface area contributed by atoms with Gasteiger partial charge in [0.05, 0.1) is 18.1 Å². The van der Waals surface area contributed by atoms with Crippen LogP contribution >= 0.6 is 0 Å². The zero-order chi connectivity index (χ0) is 18.7. The van der Waals surface area contributed by atoms with Crippen molar-refractivity contribution in [2.24, 2.45) is 0 Å². The lowest BCUT2D eigenvalue weighted by atomic mass is 10.1. The number of amides is 1. The molecule has 0 aliphatic carbocycles. The summed E-state index contributed by atoms with van der Waals surface area (Å²) in [7, 11) is 1.25. The lowest BCUT2D eigenvalue weighted by Gasteiger charge is -2.15. The Morgan fingerprint density at radius 3 is 2.73 bits per heavy atom.